The van der Waals surface area contributed by atoms with Gasteiger partial charge in [0.15, 0.2) is 0 Å². The molecule has 19 heavy (non-hydrogen) atoms. The van der Waals surface area contributed by atoms with Crippen LogP contribution in [-0.2, 0) is 9.53 Å². The summed E-state index contributed by atoms with van der Waals surface area (Å²) in [6.07, 6.45) is -6.22. The molecule has 0 heterocycles. The molecule has 0 unspecified atom stereocenters. The smallest absolute Gasteiger partial charge is 0.409 e. The molecule has 0 radical (unpaired) electrons. The van der Waals surface area contributed by atoms with Gasteiger partial charge < -0.3 is 15.2 Å². The first kappa shape index (κ1) is 17.5. The van der Waals surface area contributed by atoms with Crippen LogP contribution in [0.5, 0.6) is 0 Å². The maximum atomic E-state index is 12.8. The molecule has 0 saturated heterocycles. The standard InChI is InChI=1S/C11H18F3NO4/c1-9(2,3)19-8(18)15-6(11(12,13)14)10(4,5)7(16)17/h6H,1-5H3,(H,15,18)(H,16,17)/t6-/m1/s1. The summed E-state index contributed by atoms with van der Waals surface area (Å²) in [6, 6.07) is -2.55. The van der Waals surface area contributed by atoms with Crippen LogP contribution >= 0.6 is 0 Å². The normalized spacial score (nSPS) is 14.7. The Morgan fingerprint density at radius 1 is 1.11 bits per heavy atom. The predicted octanol–water partition coefficient (Wildman–Crippen LogP) is 2.55. The number of nitrogens with one attached hydrogen (secondary N) is 1. The van der Waals surface area contributed by atoms with E-state index in [-0.39, 0.29) is 0 Å². The van der Waals surface area contributed by atoms with Crippen LogP contribution in [0.15, 0.2) is 0 Å². The van der Waals surface area contributed by atoms with Gasteiger partial charge in [-0.3, -0.25) is 4.79 Å². The van der Waals surface area contributed by atoms with Crippen LogP contribution in [0, 0.1) is 5.41 Å². The first-order valence-corrected chi connectivity index (χ1v) is 5.47. The van der Waals surface area contributed by atoms with Gasteiger partial charge in [0.2, 0.25) is 0 Å². The van der Waals surface area contributed by atoms with Gasteiger partial charge in [0.05, 0.1) is 5.41 Å². The molecule has 0 aromatic heterocycles. The highest BCUT2D eigenvalue weighted by Gasteiger charge is 2.54. The van der Waals surface area contributed by atoms with Gasteiger partial charge in [0, 0.05) is 0 Å². The van der Waals surface area contributed by atoms with E-state index in [2.05, 4.69) is 0 Å². The van der Waals surface area contributed by atoms with Crippen molar-refractivity contribution < 1.29 is 32.6 Å². The summed E-state index contributed by atoms with van der Waals surface area (Å²) in [4.78, 5) is 22.2. The van der Waals surface area contributed by atoms with Gasteiger partial charge in [-0.2, -0.15) is 13.2 Å². The number of hydrogen-bond acceptors (Lipinski definition) is 3. The molecule has 0 aromatic carbocycles. The first-order chi connectivity index (χ1) is 8.18. The zero-order valence-corrected chi connectivity index (χ0v) is 11.4. The third kappa shape index (κ3) is 5.35. The van der Waals surface area contributed by atoms with E-state index in [1.54, 1.807) is 5.32 Å². The van der Waals surface area contributed by atoms with Gasteiger partial charge in [0.25, 0.3) is 0 Å². The van der Waals surface area contributed by atoms with Crippen LogP contribution in [0.2, 0.25) is 0 Å². The van der Waals surface area contributed by atoms with Gasteiger partial charge in [-0.15, -0.1) is 0 Å². The number of carbonyl (C=O) groups is 2. The van der Waals surface area contributed by atoms with Crippen LogP contribution in [-0.4, -0.2) is 35.0 Å². The van der Waals surface area contributed by atoms with Crippen molar-refractivity contribution in [1.29, 1.82) is 0 Å². The molecule has 0 fully saturated rings. The number of amides is 1. The Balaban J connectivity index is 5.13. The van der Waals surface area contributed by atoms with Crippen molar-refractivity contribution >= 4 is 12.1 Å². The van der Waals surface area contributed by atoms with E-state index in [4.69, 9.17) is 9.84 Å². The molecule has 5 nitrogen and oxygen atoms in total. The summed E-state index contributed by atoms with van der Waals surface area (Å²) in [5.41, 5.74) is -3.19. The van der Waals surface area contributed by atoms with Gasteiger partial charge in [-0.05, 0) is 34.6 Å². The van der Waals surface area contributed by atoms with E-state index in [1.165, 1.54) is 20.8 Å². The molecule has 0 bridgehead atoms. The highest BCUT2D eigenvalue weighted by molar-refractivity contribution is 5.77. The largest absolute Gasteiger partial charge is 0.481 e. The van der Waals surface area contributed by atoms with Crippen molar-refractivity contribution in [2.45, 2.75) is 52.4 Å². The van der Waals surface area contributed by atoms with Gasteiger partial charge in [0.1, 0.15) is 11.6 Å². The van der Waals surface area contributed by atoms with Gasteiger partial charge >= 0.3 is 18.2 Å². The summed E-state index contributed by atoms with van der Waals surface area (Å²) in [7, 11) is 0. The van der Waals surface area contributed by atoms with Crippen molar-refractivity contribution in [3.8, 4) is 0 Å². The second kappa shape index (κ2) is 5.26. The second-order valence-electron chi connectivity index (χ2n) is 5.65. The Labute approximate surface area is 109 Å². The lowest BCUT2D eigenvalue weighted by Gasteiger charge is -2.33. The summed E-state index contributed by atoms with van der Waals surface area (Å²) in [6.45, 7) is 6.21. The number of carboxylic acid groups (broad SMARTS) is 1. The Morgan fingerprint density at radius 3 is 1.79 bits per heavy atom. The predicted molar refractivity (Wildman–Crippen MR) is 60.6 cm³/mol. The van der Waals surface area contributed by atoms with Gasteiger partial charge in [-0.25, -0.2) is 4.79 Å². The second-order valence-corrected chi connectivity index (χ2v) is 5.65. The molecule has 1 amide bonds. The average Bonchev–Trinajstić information content (AvgIpc) is 2.08. The maximum absolute atomic E-state index is 12.8. The topological polar surface area (TPSA) is 75.6 Å². The minimum absolute atomic E-state index is 0.880. The minimum atomic E-state index is -4.90. The zero-order valence-electron chi connectivity index (χ0n) is 11.4. The van der Waals surface area contributed by atoms with Crippen molar-refractivity contribution in [1.82, 2.24) is 5.32 Å². The maximum Gasteiger partial charge on any atom is 0.409 e. The Bertz CT molecular complexity index is 358. The Hall–Kier alpha value is -1.47. The SMILES string of the molecule is CC(C)(C)OC(=O)N[C@@H](C(F)(F)F)C(C)(C)C(=O)O. The minimum Gasteiger partial charge on any atom is -0.481 e. The first-order valence-electron chi connectivity index (χ1n) is 5.47. The monoisotopic (exact) mass is 285 g/mol. The van der Waals surface area contributed by atoms with Crippen molar-refractivity contribution in [3.63, 3.8) is 0 Å². The molecular formula is C11H18F3NO4. The van der Waals surface area contributed by atoms with Crippen molar-refractivity contribution in [2.75, 3.05) is 0 Å². The van der Waals surface area contributed by atoms with E-state index in [0.717, 1.165) is 13.8 Å². The van der Waals surface area contributed by atoms with Crippen LogP contribution < -0.4 is 5.32 Å². The summed E-state index contributed by atoms with van der Waals surface area (Å²) in [5, 5.41) is 10.4. The molecule has 0 aliphatic rings. The zero-order chi connectivity index (χ0) is 15.6. The summed E-state index contributed by atoms with van der Waals surface area (Å²) < 4.78 is 43.2. The highest BCUT2D eigenvalue weighted by Crippen LogP contribution is 2.34. The fourth-order valence-corrected chi connectivity index (χ4v) is 1.22. The Kier molecular flexibility index (Phi) is 4.85. The third-order valence-electron chi connectivity index (χ3n) is 2.26. The molecule has 2 N–H and O–H groups in total. The van der Waals surface area contributed by atoms with Gasteiger partial charge in [-0.1, -0.05) is 0 Å². The number of rotatable bonds is 3. The molecule has 0 rings (SSSR count). The Morgan fingerprint density at radius 2 is 1.53 bits per heavy atom. The molecule has 0 aromatic rings. The molecule has 112 valence electrons. The molecule has 1 atom stereocenters. The number of ether oxygens (including phenoxy) is 1. The van der Waals surface area contributed by atoms with Crippen LogP contribution in [0.1, 0.15) is 34.6 Å². The van der Waals surface area contributed by atoms with Crippen LogP contribution in [0.3, 0.4) is 0 Å². The lowest BCUT2D eigenvalue weighted by Crippen LogP contribution is -2.57. The number of halogens is 3. The van der Waals surface area contributed by atoms with Crippen LogP contribution in [0.4, 0.5) is 18.0 Å². The van der Waals surface area contributed by atoms with E-state index < -0.39 is 35.3 Å². The van der Waals surface area contributed by atoms with E-state index >= 15 is 0 Å². The summed E-state index contributed by atoms with van der Waals surface area (Å²) >= 11 is 0. The van der Waals surface area contributed by atoms with Crippen molar-refractivity contribution in [2.24, 2.45) is 5.41 Å². The molecule has 0 saturated carbocycles. The molecular weight excluding hydrogens is 267 g/mol. The summed E-state index contributed by atoms with van der Waals surface area (Å²) in [5.74, 6) is -1.68. The number of carbonyl (C=O) groups excluding carboxylic acids is 1. The number of alkyl carbamates (subject to hydrolysis) is 1. The van der Waals surface area contributed by atoms with Crippen LogP contribution in [0.25, 0.3) is 0 Å². The fourth-order valence-electron chi connectivity index (χ4n) is 1.22. The lowest BCUT2D eigenvalue weighted by molar-refractivity contribution is -0.190. The lowest BCUT2D eigenvalue weighted by atomic mass is 9.84. The number of aliphatic carboxylic acids is 1. The molecule has 0 aliphatic heterocycles. The molecule has 0 aliphatic carbocycles. The highest BCUT2D eigenvalue weighted by atomic mass is 19.4. The number of alkyl halides is 3. The van der Waals surface area contributed by atoms with E-state index in [1.807, 2.05) is 0 Å². The number of hydrogen-bond donors (Lipinski definition) is 2. The fraction of sp³-hybridized carbons (Fsp3) is 0.818. The molecule has 8 heteroatoms. The third-order valence-corrected chi connectivity index (χ3v) is 2.26. The average molecular weight is 285 g/mol. The van der Waals surface area contributed by atoms with Crippen molar-refractivity contribution in [3.05, 3.63) is 0 Å². The van der Waals surface area contributed by atoms with E-state index in [9.17, 15) is 22.8 Å². The van der Waals surface area contributed by atoms with E-state index in [0.29, 0.717) is 0 Å². The quantitative estimate of drug-likeness (QED) is 0.835. The molecule has 0 spiro atoms. The number of carboxylic acids is 1.